The molecule has 0 bridgehead atoms. The van der Waals surface area contributed by atoms with Crippen molar-refractivity contribution in [3.63, 3.8) is 0 Å². The Hall–Kier alpha value is -2.17. The molecule has 0 saturated heterocycles. The normalized spacial score (nSPS) is 13.5. The van der Waals surface area contributed by atoms with Crippen LogP contribution in [0, 0.1) is 5.82 Å². The van der Waals surface area contributed by atoms with Crippen molar-refractivity contribution in [2.75, 3.05) is 13.6 Å². The van der Waals surface area contributed by atoms with Crippen molar-refractivity contribution in [1.29, 1.82) is 0 Å². The van der Waals surface area contributed by atoms with E-state index in [2.05, 4.69) is 35.4 Å². The van der Waals surface area contributed by atoms with Crippen LogP contribution in [-0.4, -0.2) is 39.3 Å². The summed E-state index contributed by atoms with van der Waals surface area (Å²) in [5.74, 6) is 2.51. The second-order valence-corrected chi connectivity index (χ2v) is 6.39. The third-order valence-electron chi connectivity index (χ3n) is 4.74. The minimum atomic E-state index is -0.228. The third kappa shape index (κ3) is 4.23. The molecular formula is C18H23FIN7. The van der Waals surface area contributed by atoms with Crippen LogP contribution in [0.25, 0.3) is 10.9 Å². The fourth-order valence-corrected chi connectivity index (χ4v) is 3.41. The van der Waals surface area contributed by atoms with Gasteiger partial charge in [-0.05, 0) is 36.6 Å². The first-order valence-electron chi connectivity index (χ1n) is 8.85. The Bertz CT molecular complexity index is 946. The minimum Gasteiger partial charge on any atom is -0.361 e. The Kier molecular flexibility index (Phi) is 6.30. The van der Waals surface area contributed by atoms with Gasteiger partial charge in [0.1, 0.15) is 11.6 Å². The largest absolute Gasteiger partial charge is 0.361 e. The molecule has 0 aliphatic carbocycles. The van der Waals surface area contributed by atoms with Gasteiger partial charge < -0.3 is 20.2 Å². The SMILES string of the molecule is CN=C(NCCc1c[nH]c2cc(F)ccc12)NCc1nnc2n1CCC2.I. The maximum absolute atomic E-state index is 13.3. The van der Waals surface area contributed by atoms with Gasteiger partial charge in [0.15, 0.2) is 11.8 Å². The Balaban J connectivity index is 0.00000210. The summed E-state index contributed by atoms with van der Waals surface area (Å²) in [6, 6.07) is 4.82. The summed E-state index contributed by atoms with van der Waals surface area (Å²) in [7, 11) is 1.75. The van der Waals surface area contributed by atoms with E-state index in [1.807, 2.05) is 12.3 Å². The second kappa shape index (κ2) is 8.68. The quantitative estimate of drug-likeness (QED) is 0.296. The van der Waals surface area contributed by atoms with Gasteiger partial charge in [-0.2, -0.15) is 0 Å². The number of guanidine groups is 1. The van der Waals surface area contributed by atoms with E-state index in [9.17, 15) is 4.39 Å². The molecular weight excluding hydrogens is 460 g/mol. The number of hydrogen-bond donors (Lipinski definition) is 3. The Morgan fingerprint density at radius 2 is 2.22 bits per heavy atom. The van der Waals surface area contributed by atoms with Crippen LogP contribution in [0.4, 0.5) is 4.39 Å². The number of fused-ring (bicyclic) bond motifs is 2. The highest BCUT2D eigenvalue weighted by molar-refractivity contribution is 14.0. The number of benzene rings is 1. The lowest BCUT2D eigenvalue weighted by molar-refractivity contribution is 0.629. The maximum Gasteiger partial charge on any atom is 0.191 e. The molecule has 1 aromatic carbocycles. The number of hydrogen-bond acceptors (Lipinski definition) is 3. The van der Waals surface area contributed by atoms with Gasteiger partial charge in [0.25, 0.3) is 0 Å². The fraction of sp³-hybridized carbons (Fsp3) is 0.389. The van der Waals surface area contributed by atoms with Gasteiger partial charge in [0, 0.05) is 43.7 Å². The minimum absolute atomic E-state index is 0. The van der Waals surface area contributed by atoms with Gasteiger partial charge >= 0.3 is 0 Å². The zero-order chi connectivity index (χ0) is 17.9. The molecule has 0 unspecified atom stereocenters. The summed E-state index contributed by atoms with van der Waals surface area (Å²) in [6.07, 6.45) is 4.89. The van der Waals surface area contributed by atoms with Crippen LogP contribution in [0.5, 0.6) is 0 Å². The number of nitrogens with one attached hydrogen (secondary N) is 3. The summed E-state index contributed by atoms with van der Waals surface area (Å²) in [5, 5.41) is 16.1. The summed E-state index contributed by atoms with van der Waals surface area (Å²) >= 11 is 0. The van der Waals surface area contributed by atoms with Gasteiger partial charge in [-0.1, -0.05) is 0 Å². The number of aliphatic imine (C=N–C) groups is 1. The molecule has 3 N–H and O–H groups in total. The Morgan fingerprint density at radius 1 is 1.33 bits per heavy atom. The molecule has 0 spiro atoms. The number of aryl methyl sites for hydroxylation is 1. The number of H-pyrrole nitrogens is 1. The van der Waals surface area contributed by atoms with Crippen LogP contribution in [-0.2, 0) is 25.9 Å². The van der Waals surface area contributed by atoms with Crippen molar-refractivity contribution in [1.82, 2.24) is 30.4 Å². The van der Waals surface area contributed by atoms with Crippen LogP contribution < -0.4 is 10.6 Å². The molecule has 1 aliphatic rings. The molecule has 4 rings (SSSR count). The Labute approximate surface area is 173 Å². The van der Waals surface area contributed by atoms with Crippen molar-refractivity contribution in [2.45, 2.75) is 32.4 Å². The number of rotatable bonds is 5. The monoisotopic (exact) mass is 483 g/mol. The number of halogens is 2. The van der Waals surface area contributed by atoms with Crippen molar-refractivity contribution in [3.8, 4) is 0 Å². The fourth-order valence-electron chi connectivity index (χ4n) is 3.41. The lowest BCUT2D eigenvalue weighted by Crippen LogP contribution is -2.38. The van der Waals surface area contributed by atoms with E-state index >= 15 is 0 Å². The van der Waals surface area contributed by atoms with E-state index in [0.29, 0.717) is 6.54 Å². The van der Waals surface area contributed by atoms with Gasteiger partial charge in [0.05, 0.1) is 6.54 Å². The first-order chi connectivity index (χ1) is 12.7. The van der Waals surface area contributed by atoms with E-state index in [1.165, 1.54) is 12.1 Å². The molecule has 27 heavy (non-hydrogen) atoms. The summed E-state index contributed by atoms with van der Waals surface area (Å²) in [5.41, 5.74) is 1.97. The first kappa shape index (κ1) is 19.6. The van der Waals surface area contributed by atoms with Crippen molar-refractivity contribution in [2.24, 2.45) is 4.99 Å². The van der Waals surface area contributed by atoms with E-state index in [-0.39, 0.29) is 29.8 Å². The number of aromatic amines is 1. The number of nitrogens with zero attached hydrogens (tertiary/aromatic N) is 4. The number of aromatic nitrogens is 4. The smallest absolute Gasteiger partial charge is 0.191 e. The van der Waals surface area contributed by atoms with Gasteiger partial charge in [-0.3, -0.25) is 4.99 Å². The average molecular weight is 483 g/mol. The van der Waals surface area contributed by atoms with Gasteiger partial charge in [0.2, 0.25) is 0 Å². The molecule has 9 heteroatoms. The van der Waals surface area contributed by atoms with E-state index in [0.717, 1.165) is 66.4 Å². The molecule has 7 nitrogen and oxygen atoms in total. The molecule has 3 heterocycles. The summed E-state index contributed by atoms with van der Waals surface area (Å²) < 4.78 is 15.4. The van der Waals surface area contributed by atoms with E-state index < -0.39 is 0 Å². The lowest BCUT2D eigenvalue weighted by Gasteiger charge is -2.11. The highest BCUT2D eigenvalue weighted by atomic mass is 127. The lowest BCUT2D eigenvalue weighted by atomic mass is 10.1. The van der Waals surface area contributed by atoms with Gasteiger partial charge in [-0.15, -0.1) is 34.2 Å². The van der Waals surface area contributed by atoms with E-state index in [1.54, 1.807) is 7.05 Å². The second-order valence-electron chi connectivity index (χ2n) is 6.39. The highest BCUT2D eigenvalue weighted by Crippen LogP contribution is 2.19. The van der Waals surface area contributed by atoms with Crippen LogP contribution in [0.15, 0.2) is 29.4 Å². The molecule has 0 saturated carbocycles. The maximum atomic E-state index is 13.3. The molecule has 1 aliphatic heterocycles. The first-order valence-corrected chi connectivity index (χ1v) is 8.85. The molecule has 0 atom stereocenters. The van der Waals surface area contributed by atoms with Gasteiger partial charge in [-0.25, -0.2) is 4.39 Å². The van der Waals surface area contributed by atoms with Crippen molar-refractivity contribution in [3.05, 3.63) is 47.4 Å². The zero-order valence-electron chi connectivity index (χ0n) is 15.1. The third-order valence-corrected chi connectivity index (χ3v) is 4.74. The standard InChI is InChI=1S/C18H22FN7.HI/c1-20-18(23-11-17-25-24-16-3-2-8-26(16)17)21-7-6-12-10-22-15-9-13(19)4-5-14(12)15;/h4-5,9-10,22H,2-3,6-8,11H2,1H3,(H2,20,21,23);1H. The van der Waals surface area contributed by atoms with E-state index in [4.69, 9.17) is 0 Å². The zero-order valence-corrected chi connectivity index (χ0v) is 17.5. The van der Waals surface area contributed by atoms with Crippen LogP contribution in [0.1, 0.15) is 23.6 Å². The van der Waals surface area contributed by atoms with Crippen LogP contribution >= 0.6 is 24.0 Å². The molecule has 144 valence electrons. The molecule has 2 aromatic heterocycles. The topological polar surface area (TPSA) is 82.9 Å². The van der Waals surface area contributed by atoms with Crippen LogP contribution in [0.2, 0.25) is 0 Å². The molecule has 0 fully saturated rings. The highest BCUT2D eigenvalue weighted by Gasteiger charge is 2.17. The predicted octanol–water partition coefficient (Wildman–Crippen LogP) is 2.37. The molecule has 0 amide bonds. The average Bonchev–Trinajstić information content (AvgIpc) is 3.34. The summed E-state index contributed by atoms with van der Waals surface area (Å²) in [4.78, 5) is 7.37. The summed E-state index contributed by atoms with van der Waals surface area (Å²) in [6.45, 7) is 2.31. The van der Waals surface area contributed by atoms with Crippen molar-refractivity contribution < 1.29 is 4.39 Å². The Morgan fingerprint density at radius 3 is 3.07 bits per heavy atom. The van der Waals surface area contributed by atoms with Crippen LogP contribution in [0.3, 0.4) is 0 Å². The molecule has 0 radical (unpaired) electrons. The van der Waals surface area contributed by atoms with Crippen molar-refractivity contribution >= 4 is 40.8 Å². The molecule has 3 aromatic rings. The predicted molar refractivity (Wildman–Crippen MR) is 114 cm³/mol.